The quantitative estimate of drug-likeness (QED) is 0.738. The number of rotatable bonds is 1. The molecule has 0 atom stereocenters. The molecule has 2 rings (SSSR count). The van der Waals surface area contributed by atoms with Crippen molar-refractivity contribution in [3.8, 4) is 11.8 Å². The maximum atomic E-state index is 9.23. The molecule has 1 N–H and O–H groups in total. The maximum absolute atomic E-state index is 9.23. The summed E-state index contributed by atoms with van der Waals surface area (Å²) >= 11 is 0. The van der Waals surface area contributed by atoms with Gasteiger partial charge in [0.05, 0.1) is 6.54 Å². The van der Waals surface area contributed by atoms with Crippen LogP contribution in [0.3, 0.4) is 0 Å². The second kappa shape index (κ2) is 5.83. The minimum Gasteiger partial charge on any atom is -0.314 e. The van der Waals surface area contributed by atoms with E-state index in [-0.39, 0.29) is 0 Å². The van der Waals surface area contributed by atoms with Crippen LogP contribution in [0.15, 0.2) is 24.3 Å². The fourth-order valence-corrected chi connectivity index (χ4v) is 1.79. The van der Waals surface area contributed by atoms with Gasteiger partial charge in [-0.1, -0.05) is 29.5 Å². The van der Waals surface area contributed by atoms with Crippen LogP contribution in [-0.2, 0) is 0 Å². The largest absolute Gasteiger partial charge is 0.314 e. The summed E-state index contributed by atoms with van der Waals surface area (Å²) in [5.74, 6) is 6.34. The number of nitrogens with zero attached hydrogens (tertiary/aromatic N) is 2. The molecule has 1 aromatic rings. The number of piperazine rings is 1. The summed E-state index contributed by atoms with van der Waals surface area (Å²) in [6.07, 6.45) is 0. The van der Waals surface area contributed by atoms with Crippen molar-refractivity contribution in [1.29, 1.82) is 0 Å². The van der Waals surface area contributed by atoms with Crippen LogP contribution >= 0.6 is 0 Å². The lowest BCUT2D eigenvalue weighted by Gasteiger charge is -2.29. The Morgan fingerprint density at radius 3 is 2.41 bits per heavy atom. The van der Waals surface area contributed by atoms with Gasteiger partial charge >= 0.3 is 0 Å². The third-order valence-electron chi connectivity index (χ3n) is 2.94. The Kier molecular flexibility index (Phi) is 4.16. The van der Waals surface area contributed by atoms with Gasteiger partial charge in [-0.05, 0) is 19.1 Å². The first-order chi connectivity index (χ1) is 8.24. The van der Waals surface area contributed by atoms with E-state index in [0.29, 0.717) is 13.1 Å². The number of benzene rings is 1. The molecule has 0 amide bonds. The molecule has 0 bridgehead atoms. The maximum Gasteiger partial charge on any atom is 0.0606 e. The first kappa shape index (κ1) is 12.1. The molecule has 1 aliphatic rings. The third kappa shape index (κ3) is 3.86. The van der Waals surface area contributed by atoms with Crippen molar-refractivity contribution < 1.29 is 5.21 Å². The van der Waals surface area contributed by atoms with Gasteiger partial charge < -0.3 is 5.21 Å². The molecule has 90 valence electrons. The van der Waals surface area contributed by atoms with Crippen molar-refractivity contribution in [1.82, 2.24) is 9.96 Å². The first-order valence-electron chi connectivity index (χ1n) is 5.96. The number of aryl methyl sites for hydroxylation is 1. The minimum absolute atomic E-state index is 0.714. The second-order valence-corrected chi connectivity index (χ2v) is 4.40. The molecule has 3 heteroatoms. The highest BCUT2D eigenvalue weighted by molar-refractivity contribution is 5.35. The van der Waals surface area contributed by atoms with Crippen LogP contribution < -0.4 is 0 Å². The van der Waals surface area contributed by atoms with E-state index in [9.17, 15) is 5.21 Å². The van der Waals surface area contributed by atoms with E-state index in [0.717, 1.165) is 25.2 Å². The zero-order chi connectivity index (χ0) is 12.1. The Labute approximate surface area is 103 Å². The summed E-state index contributed by atoms with van der Waals surface area (Å²) in [5.41, 5.74) is 2.33. The molecule has 0 aromatic heterocycles. The molecule has 1 aromatic carbocycles. The fourth-order valence-electron chi connectivity index (χ4n) is 1.79. The highest BCUT2D eigenvalue weighted by Gasteiger charge is 2.13. The molecule has 17 heavy (non-hydrogen) atoms. The lowest BCUT2D eigenvalue weighted by atomic mass is 10.1. The van der Waals surface area contributed by atoms with E-state index >= 15 is 0 Å². The molecule has 1 saturated heterocycles. The van der Waals surface area contributed by atoms with Crippen LogP contribution in [0.1, 0.15) is 11.1 Å². The Balaban J connectivity index is 1.84. The monoisotopic (exact) mass is 230 g/mol. The third-order valence-corrected chi connectivity index (χ3v) is 2.94. The molecule has 1 heterocycles. The van der Waals surface area contributed by atoms with Crippen molar-refractivity contribution in [3.05, 3.63) is 35.4 Å². The van der Waals surface area contributed by atoms with E-state index < -0.39 is 0 Å². The van der Waals surface area contributed by atoms with E-state index in [1.807, 2.05) is 12.1 Å². The molecule has 1 aliphatic heterocycles. The van der Waals surface area contributed by atoms with Crippen molar-refractivity contribution in [2.75, 3.05) is 32.7 Å². The summed E-state index contributed by atoms with van der Waals surface area (Å²) in [4.78, 5) is 2.26. The predicted molar refractivity (Wildman–Crippen MR) is 67.9 cm³/mol. The van der Waals surface area contributed by atoms with Gasteiger partial charge in [0.15, 0.2) is 0 Å². The number of hydroxylamine groups is 2. The molecule has 0 unspecified atom stereocenters. The van der Waals surface area contributed by atoms with E-state index in [4.69, 9.17) is 0 Å². The van der Waals surface area contributed by atoms with Crippen LogP contribution in [0.4, 0.5) is 0 Å². The van der Waals surface area contributed by atoms with Gasteiger partial charge in [0, 0.05) is 31.7 Å². The Morgan fingerprint density at radius 2 is 1.76 bits per heavy atom. The molecule has 3 nitrogen and oxygen atoms in total. The summed E-state index contributed by atoms with van der Waals surface area (Å²) < 4.78 is 0. The Bertz CT molecular complexity index is 408. The van der Waals surface area contributed by atoms with Crippen LogP contribution in [0, 0.1) is 18.8 Å². The predicted octanol–water partition coefficient (Wildman–Crippen LogP) is 1.35. The van der Waals surface area contributed by atoms with Gasteiger partial charge in [0.1, 0.15) is 0 Å². The van der Waals surface area contributed by atoms with Gasteiger partial charge in [-0.25, -0.2) is 0 Å². The van der Waals surface area contributed by atoms with Gasteiger partial charge in [-0.2, -0.15) is 5.06 Å². The van der Waals surface area contributed by atoms with E-state index in [1.54, 1.807) is 0 Å². The van der Waals surface area contributed by atoms with Gasteiger partial charge in [0.25, 0.3) is 0 Å². The zero-order valence-corrected chi connectivity index (χ0v) is 10.2. The summed E-state index contributed by atoms with van der Waals surface area (Å²) in [5, 5.41) is 10.6. The average Bonchev–Trinajstić information content (AvgIpc) is 2.34. The van der Waals surface area contributed by atoms with E-state index in [1.165, 1.54) is 10.6 Å². The van der Waals surface area contributed by atoms with Crippen LogP contribution in [0.25, 0.3) is 0 Å². The number of hydrogen-bond donors (Lipinski definition) is 1. The Hall–Kier alpha value is -1.34. The average molecular weight is 230 g/mol. The lowest BCUT2D eigenvalue weighted by Crippen LogP contribution is -2.44. The summed E-state index contributed by atoms with van der Waals surface area (Å²) in [6.45, 7) is 6.06. The molecule has 0 radical (unpaired) electrons. The van der Waals surface area contributed by atoms with Crippen LogP contribution in [-0.4, -0.2) is 47.9 Å². The standard InChI is InChI=1S/C14H18N2O/c1-13-4-6-14(7-5-13)3-2-8-15-9-11-16(17)12-10-15/h4-7,17H,8-12H2,1H3. The summed E-state index contributed by atoms with van der Waals surface area (Å²) in [6, 6.07) is 8.26. The molecular weight excluding hydrogens is 212 g/mol. The smallest absolute Gasteiger partial charge is 0.0606 e. The Morgan fingerprint density at radius 1 is 1.12 bits per heavy atom. The van der Waals surface area contributed by atoms with Crippen molar-refractivity contribution in [3.63, 3.8) is 0 Å². The SMILES string of the molecule is Cc1ccc(C#CCN2CCN(O)CC2)cc1. The van der Waals surface area contributed by atoms with Gasteiger partial charge in [-0.3, -0.25) is 4.90 Å². The highest BCUT2D eigenvalue weighted by Crippen LogP contribution is 2.01. The fraction of sp³-hybridized carbons (Fsp3) is 0.429. The first-order valence-corrected chi connectivity index (χ1v) is 5.96. The highest BCUT2D eigenvalue weighted by atomic mass is 16.5. The molecule has 0 saturated carbocycles. The number of hydrogen-bond acceptors (Lipinski definition) is 3. The summed E-state index contributed by atoms with van der Waals surface area (Å²) in [7, 11) is 0. The molecular formula is C14H18N2O. The van der Waals surface area contributed by atoms with Crippen molar-refractivity contribution in [2.24, 2.45) is 0 Å². The van der Waals surface area contributed by atoms with Crippen LogP contribution in [0.5, 0.6) is 0 Å². The topological polar surface area (TPSA) is 26.7 Å². The minimum atomic E-state index is 0.714. The lowest BCUT2D eigenvalue weighted by molar-refractivity contribution is -0.115. The normalized spacial score (nSPS) is 17.5. The zero-order valence-electron chi connectivity index (χ0n) is 10.2. The molecule has 0 spiro atoms. The van der Waals surface area contributed by atoms with Crippen molar-refractivity contribution in [2.45, 2.75) is 6.92 Å². The molecule has 1 fully saturated rings. The van der Waals surface area contributed by atoms with E-state index in [2.05, 4.69) is 35.8 Å². The molecule has 0 aliphatic carbocycles. The van der Waals surface area contributed by atoms with Crippen molar-refractivity contribution >= 4 is 0 Å². The van der Waals surface area contributed by atoms with Gasteiger partial charge in [0.2, 0.25) is 0 Å². The second-order valence-electron chi connectivity index (χ2n) is 4.40. The van der Waals surface area contributed by atoms with Gasteiger partial charge in [-0.15, -0.1) is 0 Å². The van der Waals surface area contributed by atoms with Crippen LogP contribution in [0.2, 0.25) is 0 Å².